The summed E-state index contributed by atoms with van der Waals surface area (Å²) in [6.07, 6.45) is -1.37. The topological polar surface area (TPSA) is 90.0 Å². The summed E-state index contributed by atoms with van der Waals surface area (Å²) in [5.41, 5.74) is -3.66. The number of aliphatic carboxylic acids is 1. The van der Waals surface area contributed by atoms with Crippen LogP contribution in [0.25, 0.3) is 0 Å². The molecule has 0 fully saturated rings. The second-order valence-corrected chi connectivity index (χ2v) is 8.04. The van der Waals surface area contributed by atoms with Crippen LogP contribution in [-0.4, -0.2) is 30.4 Å². The molecule has 0 aromatic carbocycles. The Labute approximate surface area is 158 Å². The SMILES string of the molecule is CC(C)(C)[C@]1(C(=O)O)CCCc2nn(Cc3cncc(C(F)(F)F)c3)c(=O)n21. The van der Waals surface area contributed by atoms with E-state index in [9.17, 15) is 27.9 Å². The highest BCUT2D eigenvalue weighted by Crippen LogP contribution is 2.43. The molecule has 0 saturated heterocycles. The summed E-state index contributed by atoms with van der Waals surface area (Å²) in [6.45, 7) is 5.01. The van der Waals surface area contributed by atoms with Crippen LogP contribution in [0, 0.1) is 5.41 Å². The van der Waals surface area contributed by atoms with Crippen molar-refractivity contribution >= 4 is 5.97 Å². The first-order valence-corrected chi connectivity index (χ1v) is 8.81. The van der Waals surface area contributed by atoms with Crippen LogP contribution < -0.4 is 5.69 Å². The Morgan fingerprint density at radius 1 is 1.29 bits per heavy atom. The molecular weight excluding hydrogens is 377 g/mol. The summed E-state index contributed by atoms with van der Waals surface area (Å²) >= 11 is 0. The van der Waals surface area contributed by atoms with Gasteiger partial charge in [-0.1, -0.05) is 20.8 Å². The maximum atomic E-state index is 13.0. The van der Waals surface area contributed by atoms with E-state index in [0.29, 0.717) is 24.9 Å². The quantitative estimate of drug-likeness (QED) is 0.859. The average Bonchev–Trinajstić information content (AvgIpc) is 2.89. The number of halogens is 3. The fraction of sp³-hybridized carbons (Fsp3) is 0.556. The molecule has 3 rings (SSSR count). The molecule has 1 N–H and O–H groups in total. The zero-order valence-corrected chi connectivity index (χ0v) is 15.7. The van der Waals surface area contributed by atoms with Crippen molar-refractivity contribution < 1.29 is 23.1 Å². The molecule has 0 saturated carbocycles. The molecule has 1 atom stereocenters. The van der Waals surface area contributed by atoms with Crippen molar-refractivity contribution in [2.75, 3.05) is 0 Å². The summed E-state index contributed by atoms with van der Waals surface area (Å²) < 4.78 is 40.9. The Morgan fingerprint density at radius 2 is 1.96 bits per heavy atom. The number of carboxylic acid groups (broad SMARTS) is 1. The van der Waals surface area contributed by atoms with Gasteiger partial charge in [0.15, 0.2) is 5.54 Å². The number of carbonyl (C=O) groups is 1. The number of carboxylic acids is 1. The zero-order valence-electron chi connectivity index (χ0n) is 15.7. The Bertz CT molecular complexity index is 972. The standard InChI is InChI=1S/C18H21F3N4O3/c1-16(2,3)17(14(26)27)6-4-5-13-23-24(15(28)25(13)17)10-11-7-12(9-22-8-11)18(19,20)21/h7-9H,4-6,10H2,1-3H3,(H,26,27)/t17-/m1/s1. The van der Waals surface area contributed by atoms with E-state index in [-0.39, 0.29) is 18.5 Å². The molecule has 0 radical (unpaired) electrons. The predicted octanol–water partition coefficient (Wildman–Crippen LogP) is 2.67. The summed E-state index contributed by atoms with van der Waals surface area (Å²) in [7, 11) is 0. The monoisotopic (exact) mass is 398 g/mol. The molecule has 0 spiro atoms. The van der Waals surface area contributed by atoms with Gasteiger partial charge in [0.25, 0.3) is 0 Å². The van der Waals surface area contributed by atoms with Crippen LogP contribution >= 0.6 is 0 Å². The number of nitrogens with zero attached hydrogens (tertiary/aromatic N) is 4. The predicted molar refractivity (Wildman–Crippen MR) is 92.8 cm³/mol. The van der Waals surface area contributed by atoms with Crippen LogP contribution in [-0.2, 0) is 29.5 Å². The number of aryl methyl sites for hydroxylation is 1. The molecule has 2 aromatic rings. The lowest BCUT2D eigenvalue weighted by molar-refractivity contribution is -0.156. The Kier molecular flexibility index (Phi) is 4.63. The normalized spacial score (nSPS) is 20.1. The Balaban J connectivity index is 2.09. The maximum absolute atomic E-state index is 13.0. The highest BCUT2D eigenvalue weighted by Gasteiger charge is 2.54. The van der Waals surface area contributed by atoms with Crippen LogP contribution in [0.4, 0.5) is 13.2 Å². The van der Waals surface area contributed by atoms with Crippen LogP contribution in [0.3, 0.4) is 0 Å². The van der Waals surface area contributed by atoms with Gasteiger partial charge in [0, 0.05) is 18.8 Å². The van der Waals surface area contributed by atoms with Crippen molar-refractivity contribution in [3.63, 3.8) is 0 Å². The number of rotatable bonds is 3. The highest BCUT2D eigenvalue weighted by molar-refractivity contribution is 5.78. The number of alkyl halides is 3. The number of pyridine rings is 1. The van der Waals surface area contributed by atoms with Gasteiger partial charge in [-0.15, -0.1) is 0 Å². The molecule has 1 aliphatic heterocycles. The van der Waals surface area contributed by atoms with E-state index in [1.165, 1.54) is 10.8 Å². The van der Waals surface area contributed by atoms with E-state index >= 15 is 0 Å². The van der Waals surface area contributed by atoms with Gasteiger partial charge in [0.1, 0.15) is 5.82 Å². The van der Waals surface area contributed by atoms with Gasteiger partial charge in [-0.05, 0) is 29.9 Å². The molecule has 7 nitrogen and oxygen atoms in total. The van der Waals surface area contributed by atoms with Crippen molar-refractivity contribution in [1.29, 1.82) is 0 Å². The molecule has 2 aromatic heterocycles. The van der Waals surface area contributed by atoms with Crippen molar-refractivity contribution in [1.82, 2.24) is 19.3 Å². The van der Waals surface area contributed by atoms with Crippen LogP contribution in [0.1, 0.15) is 50.6 Å². The fourth-order valence-corrected chi connectivity index (χ4v) is 3.85. The first kappa shape index (κ1) is 20.1. The maximum Gasteiger partial charge on any atom is 0.417 e. The minimum Gasteiger partial charge on any atom is -0.479 e. The minimum atomic E-state index is -4.55. The largest absolute Gasteiger partial charge is 0.479 e. The summed E-state index contributed by atoms with van der Waals surface area (Å²) in [4.78, 5) is 28.8. The zero-order chi connectivity index (χ0) is 20.9. The van der Waals surface area contributed by atoms with Crippen LogP contribution in [0.2, 0.25) is 0 Å². The summed E-state index contributed by atoms with van der Waals surface area (Å²) in [6, 6.07) is 0.909. The summed E-state index contributed by atoms with van der Waals surface area (Å²) in [5.74, 6) is -0.795. The molecule has 152 valence electrons. The third kappa shape index (κ3) is 3.10. The third-order valence-corrected chi connectivity index (χ3v) is 5.28. The lowest BCUT2D eigenvalue weighted by Crippen LogP contribution is -2.57. The van der Waals surface area contributed by atoms with Gasteiger partial charge in [-0.3, -0.25) is 9.55 Å². The Morgan fingerprint density at radius 3 is 2.54 bits per heavy atom. The van der Waals surface area contributed by atoms with E-state index in [4.69, 9.17) is 0 Å². The van der Waals surface area contributed by atoms with Gasteiger partial charge >= 0.3 is 17.8 Å². The van der Waals surface area contributed by atoms with E-state index < -0.39 is 34.4 Å². The lowest BCUT2D eigenvalue weighted by Gasteiger charge is -2.44. The molecule has 10 heteroatoms. The molecule has 28 heavy (non-hydrogen) atoms. The first-order valence-electron chi connectivity index (χ1n) is 8.81. The third-order valence-electron chi connectivity index (χ3n) is 5.28. The average molecular weight is 398 g/mol. The summed E-state index contributed by atoms with van der Waals surface area (Å²) in [5, 5.41) is 14.2. The molecule has 3 heterocycles. The van der Waals surface area contributed by atoms with E-state index in [2.05, 4.69) is 10.1 Å². The molecule has 1 aliphatic rings. The molecule has 0 aliphatic carbocycles. The van der Waals surface area contributed by atoms with Gasteiger partial charge in [-0.2, -0.15) is 18.3 Å². The molecule has 0 amide bonds. The number of hydrogen-bond acceptors (Lipinski definition) is 4. The number of hydrogen-bond donors (Lipinski definition) is 1. The van der Waals surface area contributed by atoms with Gasteiger partial charge in [0.05, 0.1) is 12.1 Å². The van der Waals surface area contributed by atoms with Gasteiger partial charge in [-0.25, -0.2) is 14.3 Å². The molecule has 0 bridgehead atoms. The van der Waals surface area contributed by atoms with Crippen molar-refractivity contribution in [3.8, 4) is 0 Å². The van der Waals surface area contributed by atoms with Gasteiger partial charge < -0.3 is 5.11 Å². The minimum absolute atomic E-state index is 0.157. The first-order chi connectivity index (χ1) is 12.9. The van der Waals surface area contributed by atoms with Crippen molar-refractivity contribution in [2.24, 2.45) is 5.41 Å². The van der Waals surface area contributed by atoms with Crippen LogP contribution in [0.5, 0.6) is 0 Å². The van der Waals surface area contributed by atoms with Gasteiger partial charge in [0.2, 0.25) is 0 Å². The van der Waals surface area contributed by atoms with E-state index in [1.54, 1.807) is 20.8 Å². The second-order valence-electron chi connectivity index (χ2n) is 8.04. The van der Waals surface area contributed by atoms with Crippen LogP contribution in [0.15, 0.2) is 23.3 Å². The number of aromatic nitrogens is 4. The molecule has 0 unspecified atom stereocenters. The van der Waals surface area contributed by atoms with E-state index in [0.717, 1.165) is 10.7 Å². The number of fused-ring (bicyclic) bond motifs is 1. The van der Waals surface area contributed by atoms with Crippen molar-refractivity contribution in [2.45, 2.75) is 58.3 Å². The Hall–Kier alpha value is -2.65. The highest BCUT2D eigenvalue weighted by atomic mass is 19.4. The fourth-order valence-electron chi connectivity index (χ4n) is 3.85. The smallest absolute Gasteiger partial charge is 0.417 e. The lowest BCUT2D eigenvalue weighted by atomic mass is 9.69. The van der Waals surface area contributed by atoms with Crippen molar-refractivity contribution in [3.05, 3.63) is 45.9 Å². The molecular formula is C18H21F3N4O3. The second kappa shape index (κ2) is 6.46. The van der Waals surface area contributed by atoms with E-state index in [1.807, 2.05) is 0 Å².